The molecule has 148 valence electrons. The zero-order valence-corrected chi connectivity index (χ0v) is 14.3. The largest absolute Gasteiger partial charge is 0.481 e. The second kappa shape index (κ2) is 7.80. The van der Waals surface area contributed by atoms with Crippen molar-refractivity contribution in [2.75, 3.05) is 13.1 Å². The molecule has 27 heavy (non-hydrogen) atoms. The van der Waals surface area contributed by atoms with Crippen molar-refractivity contribution in [3.05, 3.63) is 39.4 Å². The van der Waals surface area contributed by atoms with Gasteiger partial charge in [-0.25, -0.2) is 4.79 Å². The maximum absolute atomic E-state index is 12.9. The van der Waals surface area contributed by atoms with Crippen LogP contribution in [0.5, 0.6) is 0 Å². The van der Waals surface area contributed by atoms with Crippen LogP contribution >= 0.6 is 0 Å². The first-order valence-corrected chi connectivity index (χ1v) is 8.08. The number of nitro groups is 1. The SMILES string of the molecule is CC1CC(C(=O)O)CN(C(=O)NCc2cc([N+](=O)[O-])cc(C(F)(F)F)c2)C1. The average molecular weight is 389 g/mol. The number of alkyl halides is 3. The molecule has 0 saturated carbocycles. The number of likely N-dealkylation sites (tertiary alicyclic amines) is 1. The third-order valence-electron chi connectivity index (χ3n) is 4.26. The Morgan fingerprint density at radius 2 is 2.00 bits per heavy atom. The molecule has 8 nitrogen and oxygen atoms in total. The number of halogens is 3. The van der Waals surface area contributed by atoms with Crippen molar-refractivity contribution < 1.29 is 32.8 Å². The van der Waals surface area contributed by atoms with E-state index in [1.165, 1.54) is 4.90 Å². The number of piperidine rings is 1. The minimum absolute atomic E-state index is 0.00571. The molecule has 11 heteroatoms. The van der Waals surface area contributed by atoms with Crippen molar-refractivity contribution in [1.82, 2.24) is 10.2 Å². The van der Waals surface area contributed by atoms with Gasteiger partial charge in [-0.15, -0.1) is 0 Å². The van der Waals surface area contributed by atoms with Gasteiger partial charge in [0.15, 0.2) is 0 Å². The van der Waals surface area contributed by atoms with Crippen LogP contribution in [0.3, 0.4) is 0 Å². The van der Waals surface area contributed by atoms with Crippen molar-refractivity contribution in [3.8, 4) is 0 Å². The number of carbonyl (C=O) groups is 2. The number of rotatable bonds is 4. The smallest absolute Gasteiger partial charge is 0.416 e. The van der Waals surface area contributed by atoms with Gasteiger partial charge >= 0.3 is 18.2 Å². The molecule has 2 atom stereocenters. The Morgan fingerprint density at radius 1 is 1.33 bits per heavy atom. The first-order valence-electron chi connectivity index (χ1n) is 8.08. The van der Waals surface area contributed by atoms with Crippen LogP contribution in [-0.2, 0) is 17.5 Å². The molecule has 1 aliphatic heterocycles. The van der Waals surface area contributed by atoms with E-state index < -0.39 is 40.3 Å². The highest BCUT2D eigenvalue weighted by Crippen LogP contribution is 2.32. The number of non-ortho nitro benzene ring substituents is 1. The van der Waals surface area contributed by atoms with Gasteiger partial charge in [0, 0.05) is 31.8 Å². The molecule has 1 fully saturated rings. The van der Waals surface area contributed by atoms with Gasteiger partial charge in [0.2, 0.25) is 0 Å². The van der Waals surface area contributed by atoms with Gasteiger partial charge in [0.05, 0.1) is 16.4 Å². The normalized spacial score (nSPS) is 20.2. The first kappa shape index (κ1) is 20.5. The number of carboxylic acid groups (broad SMARTS) is 1. The molecule has 1 aromatic rings. The van der Waals surface area contributed by atoms with Crippen molar-refractivity contribution in [3.63, 3.8) is 0 Å². The van der Waals surface area contributed by atoms with Crippen LogP contribution in [0, 0.1) is 22.0 Å². The van der Waals surface area contributed by atoms with E-state index in [1.807, 2.05) is 0 Å². The highest BCUT2D eigenvalue weighted by Gasteiger charge is 2.34. The van der Waals surface area contributed by atoms with Crippen LogP contribution in [0.2, 0.25) is 0 Å². The van der Waals surface area contributed by atoms with Crippen LogP contribution < -0.4 is 5.32 Å². The molecule has 1 heterocycles. The number of carbonyl (C=O) groups excluding carboxylic acids is 1. The van der Waals surface area contributed by atoms with Gasteiger partial charge in [0.25, 0.3) is 5.69 Å². The number of hydrogen-bond acceptors (Lipinski definition) is 4. The second-order valence-electron chi connectivity index (χ2n) is 6.58. The minimum atomic E-state index is -4.76. The molecule has 0 spiro atoms. The van der Waals surface area contributed by atoms with E-state index >= 15 is 0 Å². The Bertz CT molecular complexity index is 753. The second-order valence-corrected chi connectivity index (χ2v) is 6.58. The quantitative estimate of drug-likeness (QED) is 0.607. The Balaban J connectivity index is 2.11. The average Bonchev–Trinajstić information content (AvgIpc) is 2.57. The van der Waals surface area contributed by atoms with Crippen LogP contribution in [-0.4, -0.2) is 40.0 Å². The number of benzene rings is 1. The lowest BCUT2D eigenvalue weighted by atomic mass is 9.91. The lowest BCUT2D eigenvalue weighted by Gasteiger charge is -2.34. The number of nitro benzene ring substituents is 1. The van der Waals surface area contributed by atoms with Gasteiger partial charge < -0.3 is 15.3 Å². The summed E-state index contributed by atoms with van der Waals surface area (Å²) < 4.78 is 38.7. The maximum atomic E-state index is 12.9. The predicted octanol–water partition coefficient (Wildman–Crippen LogP) is 2.87. The van der Waals surface area contributed by atoms with Gasteiger partial charge in [0.1, 0.15) is 0 Å². The van der Waals surface area contributed by atoms with Gasteiger partial charge in [-0.1, -0.05) is 6.92 Å². The molecule has 2 N–H and O–H groups in total. The molecular formula is C16H18F3N3O5. The fraction of sp³-hybridized carbons (Fsp3) is 0.500. The van der Waals surface area contributed by atoms with Gasteiger partial charge in [-0.2, -0.15) is 13.2 Å². The molecule has 1 aliphatic rings. The monoisotopic (exact) mass is 389 g/mol. The Labute approximate surface area is 152 Å². The van der Waals surface area contributed by atoms with E-state index in [0.29, 0.717) is 19.0 Å². The number of amides is 2. The molecule has 0 bridgehead atoms. The van der Waals surface area contributed by atoms with Crippen molar-refractivity contribution in [2.45, 2.75) is 26.1 Å². The predicted molar refractivity (Wildman–Crippen MR) is 86.8 cm³/mol. The summed E-state index contributed by atoms with van der Waals surface area (Å²) in [4.78, 5) is 34.6. The van der Waals surface area contributed by atoms with E-state index in [-0.39, 0.29) is 24.6 Å². The van der Waals surface area contributed by atoms with Crippen LogP contribution in [0.1, 0.15) is 24.5 Å². The summed E-state index contributed by atoms with van der Waals surface area (Å²) in [6.45, 7) is 1.75. The van der Waals surface area contributed by atoms with E-state index in [9.17, 15) is 32.9 Å². The highest BCUT2D eigenvalue weighted by atomic mass is 19.4. The number of aliphatic carboxylic acids is 1. The number of nitrogens with one attached hydrogen (secondary N) is 1. The summed E-state index contributed by atoms with van der Waals surface area (Å²) in [5, 5.41) is 22.4. The fourth-order valence-corrected chi connectivity index (χ4v) is 3.03. The molecule has 2 amide bonds. The van der Waals surface area contributed by atoms with Crippen molar-refractivity contribution >= 4 is 17.7 Å². The topological polar surface area (TPSA) is 113 Å². The van der Waals surface area contributed by atoms with Crippen LogP contribution in [0.15, 0.2) is 18.2 Å². The zero-order valence-electron chi connectivity index (χ0n) is 14.3. The molecule has 0 aliphatic carbocycles. The molecule has 0 radical (unpaired) electrons. The standard InChI is InChI=1S/C16H18F3N3O5/c1-9-2-11(14(23)24)8-21(7-9)15(25)20-6-10-3-12(16(17,18)19)5-13(4-10)22(26)27/h3-5,9,11H,2,6-8H2,1H3,(H,20,25)(H,23,24). The van der Waals surface area contributed by atoms with E-state index in [0.717, 1.165) is 12.1 Å². The van der Waals surface area contributed by atoms with E-state index in [2.05, 4.69) is 5.32 Å². The fourth-order valence-electron chi connectivity index (χ4n) is 3.03. The Hall–Kier alpha value is -2.85. The number of urea groups is 1. The highest BCUT2D eigenvalue weighted by molar-refractivity contribution is 5.76. The molecular weight excluding hydrogens is 371 g/mol. The lowest BCUT2D eigenvalue weighted by Crippen LogP contribution is -2.49. The molecule has 0 aromatic heterocycles. The molecule has 2 unspecified atom stereocenters. The van der Waals surface area contributed by atoms with Crippen LogP contribution in [0.25, 0.3) is 0 Å². The van der Waals surface area contributed by atoms with Gasteiger partial charge in [-0.05, 0) is 24.0 Å². The lowest BCUT2D eigenvalue weighted by molar-refractivity contribution is -0.385. The first-order chi connectivity index (χ1) is 12.5. The summed E-state index contributed by atoms with van der Waals surface area (Å²) in [6, 6.07) is 1.48. The maximum Gasteiger partial charge on any atom is 0.416 e. The van der Waals surface area contributed by atoms with Crippen molar-refractivity contribution in [1.29, 1.82) is 0 Å². The Kier molecular flexibility index (Phi) is 5.91. The van der Waals surface area contributed by atoms with E-state index in [1.54, 1.807) is 6.92 Å². The number of hydrogen-bond donors (Lipinski definition) is 2. The summed E-state index contributed by atoms with van der Waals surface area (Å²) in [5.74, 6) is -1.78. The third kappa shape index (κ3) is 5.31. The Morgan fingerprint density at radius 3 is 2.56 bits per heavy atom. The minimum Gasteiger partial charge on any atom is -0.481 e. The summed E-state index contributed by atoms with van der Waals surface area (Å²) >= 11 is 0. The summed E-state index contributed by atoms with van der Waals surface area (Å²) in [5.41, 5.74) is -1.99. The summed E-state index contributed by atoms with van der Waals surface area (Å²) in [6.07, 6.45) is -4.33. The van der Waals surface area contributed by atoms with Crippen LogP contribution in [0.4, 0.5) is 23.7 Å². The summed E-state index contributed by atoms with van der Waals surface area (Å²) in [7, 11) is 0. The van der Waals surface area contributed by atoms with E-state index in [4.69, 9.17) is 5.11 Å². The zero-order chi connectivity index (χ0) is 20.4. The molecule has 1 saturated heterocycles. The van der Waals surface area contributed by atoms with Crippen molar-refractivity contribution in [2.24, 2.45) is 11.8 Å². The molecule has 1 aromatic carbocycles. The number of nitrogens with zero attached hydrogens (tertiary/aromatic N) is 2. The third-order valence-corrected chi connectivity index (χ3v) is 4.26. The number of carboxylic acids is 1. The van der Waals surface area contributed by atoms with Gasteiger partial charge in [-0.3, -0.25) is 14.9 Å². The molecule has 2 rings (SSSR count).